The Morgan fingerprint density at radius 3 is 2.75 bits per heavy atom. The molecule has 0 bridgehead atoms. The van der Waals surface area contributed by atoms with Crippen LogP contribution < -0.4 is 10.6 Å². The molecule has 1 aliphatic carbocycles. The largest absolute Gasteiger partial charge is 0.393 e. The lowest BCUT2D eigenvalue weighted by molar-refractivity contribution is -0.121. The highest BCUT2D eigenvalue weighted by Gasteiger charge is 2.22. The van der Waals surface area contributed by atoms with Crippen LogP contribution in [0, 0.1) is 5.92 Å². The smallest absolute Gasteiger partial charge is 0.221 e. The summed E-state index contributed by atoms with van der Waals surface area (Å²) in [4.78, 5) is 11.4. The van der Waals surface area contributed by atoms with E-state index in [9.17, 15) is 9.90 Å². The van der Waals surface area contributed by atoms with Crippen molar-refractivity contribution in [2.24, 2.45) is 5.92 Å². The van der Waals surface area contributed by atoms with Gasteiger partial charge in [-0.3, -0.25) is 4.79 Å². The summed E-state index contributed by atoms with van der Waals surface area (Å²) in [6.45, 7) is 5.59. The van der Waals surface area contributed by atoms with Crippen molar-refractivity contribution in [3.8, 4) is 0 Å². The summed E-state index contributed by atoms with van der Waals surface area (Å²) < 4.78 is 0. The van der Waals surface area contributed by atoms with Gasteiger partial charge in [-0.15, -0.1) is 0 Å². The number of rotatable bonds is 6. The van der Waals surface area contributed by atoms with Crippen molar-refractivity contribution in [3.05, 3.63) is 0 Å². The lowest BCUT2D eigenvalue weighted by Crippen LogP contribution is -2.32. The average molecular weight is 228 g/mol. The number of aliphatic hydroxyl groups excluding tert-OH is 1. The highest BCUT2D eigenvalue weighted by atomic mass is 16.3. The van der Waals surface area contributed by atoms with E-state index in [0.29, 0.717) is 18.4 Å². The van der Waals surface area contributed by atoms with E-state index in [0.717, 1.165) is 32.4 Å². The van der Waals surface area contributed by atoms with Crippen LogP contribution >= 0.6 is 0 Å². The normalized spacial score (nSPS) is 25.0. The number of carbonyl (C=O) groups is 1. The molecular weight excluding hydrogens is 204 g/mol. The molecule has 2 unspecified atom stereocenters. The van der Waals surface area contributed by atoms with Crippen molar-refractivity contribution in [3.63, 3.8) is 0 Å². The number of aliphatic hydroxyl groups is 1. The minimum atomic E-state index is -0.149. The van der Waals surface area contributed by atoms with E-state index in [4.69, 9.17) is 0 Å². The first-order chi connectivity index (χ1) is 7.58. The molecule has 1 fully saturated rings. The van der Waals surface area contributed by atoms with Crippen molar-refractivity contribution >= 4 is 5.91 Å². The first kappa shape index (κ1) is 13.5. The Morgan fingerprint density at radius 2 is 2.19 bits per heavy atom. The van der Waals surface area contributed by atoms with Gasteiger partial charge in [0.15, 0.2) is 0 Å². The maximum Gasteiger partial charge on any atom is 0.221 e. The molecule has 4 nitrogen and oxygen atoms in total. The first-order valence-electron chi connectivity index (χ1n) is 6.26. The van der Waals surface area contributed by atoms with Gasteiger partial charge in [0.25, 0.3) is 0 Å². The van der Waals surface area contributed by atoms with E-state index in [2.05, 4.69) is 24.5 Å². The topological polar surface area (TPSA) is 61.4 Å². The second kappa shape index (κ2) is 6.86. The van der Waals surface area contributed by atoms with Crippen LogP contribution in [0.3, 0.4) is 0 Å². The van der Waals surface area contributed by atoms with Gasteiger partial charge in [0.2, 0.25) is 5.91 Å². The molecule has 0 heterocycles. The zero-order valence-electron chi connectivity index (χ0n) is 10.3. The molecule has 0 radical (unpaired) electrons. The van der Waals surface area contributed by atoms with Crippen molar-refractivity contribution < 1.29 is 9.90 Å². The number of hydrogen-bond acceptors (Lipinski definition) is 3. The maximum absolute atomic E-state index is 11.4. The van der Waals surface area contributed by atoms with Gasteiger partial charge < -0.3 is 15.7 Å². The number of carbonyl (C=O) groups excluding carboxylic acids is 1. The Hall–Kier alpha value is -0.610. The van der Waals surface area contributed by atoms with Crippen LogP contribution in [0.25, 0.3) is 0 Å². The van der Waals surface area contributed by atoms with Crippen LogP contribution in [0.4, 0.5) is 0 Å². The molecule has 4 heteroatoms. The molecule has 0 aromatic heterocycles. The van der Waals surface area contributed by atoms with E-state index >= 15 is 0 Å². The van der Waals surface area contributed by atoms with Crippen LogP contribution in [0.2, 0.25) is 0 Å². The number of hydrogen-bond donors (Lipinski definition) is 3. The summed E-state index contributed by atoms with van der Waals surface area (Å²) in [7, 11) is 0. The Kier molecular flexibility index (Phi) is 5.77. The Morgan fingerprint density at radius 1 is 1.44 bits per heavy atom. The van der Waals surface area contributed by atoms with Crippen LogP contribution in [0.5, 0.6) is 0 Å². The van der Waals surface area contributed by atoms with E-state index < -0.39 is 0 Å². The summed E-state index contributed by atoms with van der Waals surface area (Å²) in [5, 5.41) is 15.5. The van der Waals surface area contributed by atoms with Crippen molar-refractivity contribution in [2.45, 2.75) is 51.7 Å². The molecule has 0 spiro atoms. The standard InChI is InChI=1S/C12H24N2O2/c1-9(2)13-6-5-12(16)14-8-10-3-4-11(15)7-10/h9-11,13,15H,3-8H2,1-2H3,(H,14,16). The molecule has 0 aromatic rings. The fourth-order valence-corrected chi connectivity index (χ4v) is 2.05. The molecule has 1 amide bonds. The summed E-state index contributed by atoms with van der Waals surface area (Å²) >= 11 is 0. The highest BCUT2D eigenvalue weighted by molar-refractivity contribution is 5.76. The third-order valence-electron chi connectivity index (χ3n) is 3.01. The van der Waals surface area contributed by atoms with Crippen LogP contribution in [0.15, 0.2) is 0 Å². The number of amides is 1. The molecule has 94 valence electrons. The monoisotopic (exact) mass is 228 g/mol. The number of nitrogens with one attached hydrogen (secondary N) is 2. The Balaban J connectivity index is 2.02. The quantitative estimate of drug-likeness (QED) is 0.625. The van der Waals surface area contributed by atoms with Crippen LogP contribution in [-0.2, 0) is 4.79 Å². The second-order valence-corrected chi connectivity index (χ2v) is 5.00. The summed E-state index contributed by atoms with van der Waals surface area (Å²) in [5.41, 5.74) is 0. The molecular formula is C12H24N2O2. The van der Waals surface area contributed by atoms with Gasteiger partial charge in [-0.05, 0) is 25.2 Å². The molecule has 0 saturated heterocycles. The zero-order chi connectivity index (χ0) is 12.0. The van der Waals surface area contributed by atoms with Crippen molar-refractivity contribution in [2.75, 3.05) is 13.1 Å². The van der Waals surface area contributed by atoms with Crippen molar-refractivity contribution in [1.82, 2.24) is 10.6 Å². The van der Waals surface area contributed by atoms with Gasteiger partial charge in [-0.2, -0.15) is 0 Å². The van der Waals surface area contributed by atoms with Gasteiger partial charge in [0, 0.05) is 25.6 Å². The van der Waals surface area contributed by atoms with Gasteiger partial charge in [0.1, 0.15) is 0 Å². The average Bonchev–Trinajstić information content (AvgIpc) is 2.61. The van der Waals surface area contributed by atoms with E-state index in [1.165, 1.54) is 0 Å². The van der Waals surface area contributed by atoms with E-state index in [-0.39, 0.29) is 12.0 Å². The SMILES string of the molecule is CC(C)NCCC(=O)NCC1CCC(O)C1. The molecule has 2 atom stereocenters. The highest BCUT2D eigenvalue weighted by Crippen LogP contribution is 2.24. The Labute approximate surface area is 97.8 Å². The molecule has 1 aliphatic rings. The summed E-state index contributed by atoms with van der Waals surface area (Å²) in [5.74, 6) is 0.576. The Bertz CT molecular complexity index is 219. The molecule has 0 aromatic carbocycles. The molecule has 1 saturated carbocycles. The minimum Gasteiger partial charge on any atom is -0.393 e. The van der Waals surface area contributed by atoms with Crippen LogP contribution in [-0.4, -0.2) is 36.2 Å². The van der Waals surface area contributed by atoms with Gasteiger partial charge in [-0.1, -0.05) is 13.8 Å². The summed E-state index contributed by atoms with van der Waals surface area (Å²) in [6, 6.07) is 0.428. The molecule has 16 heavy (non-hydrogen) atoms. The summed E-state index contributed by atoms with van der Waals surface area (Å²) in [6.07, 6.45) is 3.14. The third kappa shape index (κ3) is 5.47. The van der Waals surface area contributed by atoms with E-state index in [1.54, 1.807) is 0 Å². The first-order valence-corrected chi connectivity index (χ1v) is 6.26. The minimum absolute atomic E-state index is 0.106. The lowest BCUT2D eigenvalue weighted by atomic mass is 10.1. The zero-order valence-corrected chi connectivity index (χ0v) is 10.3. The molecule has 0 aliphatic heterocycles. The van der Waals surface area contributed by atoms with Crippen LogP contribution in [0.1, 0.15) is 39.5 Å². The second-order valence-electron chi connectivity index (χ2n) is 5.00. The van der Waals surface area contributed by atoms with Gasteiger partial charge in [0.05, 0.1) is 6.10 Å². The predicted octanol–water partition coefficient (Wildman–Crippen LogP) is 0.652. The fourth-order valence-electron chi connectivity index (χ4n) is 2.05. The molecule has 3 N–H and O–H groups in total. The lowest BCUT2D eigenvalue weighted by Gasteiger charge is -2.11. The predicted molar refractivity (Wildman–Crippen MR) is 64.1 cm³/mol. The molecule has 1 rings (SSSR count). The van der Waals surface area contributed by atoms with E-state index in [1.807, 2.05) is 0 Å². The third-order valence-corrected chi connectivity index (χ3v) is 3.01. The van der Waals surface area contributed by atoms with Crippen molar-refractivity contribution in [1.29, 1.82) is 0 Å². The van der Waals surface area contributed by atoms with Gasteiger partial charge >= 0.3 is 0 Å². The maximum atomic E-state index is 11.4. The van der Waals surface area contributed by atoms with Gasteiger partial charge in [-0.25, -0.2) is 0 Å². The fraction of sp³-hybridized carbons (Fsp3) is 0.917.